The van der Waals surface area contributed by atoms with Crippen molar-refractivity contribution < 1.29 is 4.79 Å². The number of carbonyl (C=O) groups excluding carboxylic acids is 1. The molecule has 1 heterocycles. The summed E-state index contributed by atoms with van der Waals surface area (Å²) in [4.78, 5) is 12.2. The third-order valence-electron chi connectivity index (χ3n) is 4.33. The van der Waals surface area contributed by atoms with Crippen molar-refractivity contribution in [1.82, 2.24) is 15.5 Å². The van der Waals surface area contributed by atoms with E-state index in [1.54, 1.807) is 12.1 Å². The van der Waals surface area contributed by atoms with Gasteiger partial charge >= 0.3 is 0 Å². The number of carbonyl (C=O) groups is 1. The van der Waals surface area contributed by atoms with Crippen LogP contribution < -0.4 is 10.6 Å². The molecule has 5 heteroatoms. The molecule has 2 N–H and O–H groups in total. The molecule has 0 radical (unpaired) electrons. The summed E-state index contributed by atoms with van der Waals surface area (Å²) in [5, 5.41) is 14.3. The molecule has 1 amide bonds. The molecule has 1 aromatic heterocycles. The van der Waals surface area contributed by atoms with Crippen LogP contribution in [-0.4, -0.2) is 22.6 Å². The van der Waals surface area contributed by atoms with Gasteiger partial charge in [0.25, 0.3) is 5.91 Å². The number of nitrogens with zero attached hydrogens (tertiary/aromatic N) is 2. The lowest BCUT2D eigenvalue weighted by Gasteiger charge is -2.14. The summed E-state index contributed by atoms with van der Waals surface area (Å²) in [6, 6.07) is 23.9. The average molecular weight is 360 g/mol. The zero-order valence-corrected chi connectivity index (χ0v) is 15.4. The van der Waals surface area contributed by atoms with Crippen LogP contribution in [0.1, 0.15) is 41.0 Å². The van der Waals surface area contributed by atoms with E-state index < -0.39 is 0 Å². The third-order valence-corrected chi connectivity index (χ3v) is 4.33. The first-order chi connectivity index (χ1) is 13.2. The van der Waals surface area contributed by atoms with Crippen LogP contribution >= 0.6 is 0 Å². The Labute approximate surface area is 159 Å². The van der Waals surface area contributed by atoms with Crippen LogP contribution in [0, 0.1) is 0 Å². The van der Waals surface area contributed by atoms with Gasteiger partial charge in [0.1, 0.15) is 5.82 Å². The summed E-state index contributed by atoms with van der Waals surface area (Å²) in [5.74, 6) is 0.449. The van der Waals surface area contributed by atoms with E-state index >= 15 is 0 Å². The lowest BCUT2D eigenvalue weighted by Crippen LogP contribution is -2.26. The molecule has 0 fully saturated rings. The van der Waals surface area contributed by atoms with Gasteiger partial charge in [0, 0.05) is 12.6 Å². The second-order valence-electron chi connectivity index (χ2n) is 6.43. The molecule has 0 aliphatic heterocycles. The molecule has 0 spiro atoms. The minimum Gasteiger partial charge on any atom is -0.362 e. The largest absolute Gasteiger partial charge is 0.362 e. The molecule has 138 valence electrons. The van der Waals surface area contributed by atoms with Gasteiger partial charge in [-0.2, -0.15) is 0 Å². The molecule has 3 rings (SSSR count). The fourth-order valence-corrected chi connectivity index (χ4v) is 2.81. The Morgan fingerprint density at radius 1 is 0.926 bits per heavy atom. The monoisotopic (exact) mass is 360 g/mol. The highest BCUT2D eigenvalue weighted by Gasteiger charge is 2.09. The number of aromatic nitrogens is 2. The van der Waals surface area contributed by atoms with E-state index in [1.807, 2.05) is 36.4 Å². The molecule has 0 saturated carbocycles. The first-order valence-electron chi connectivity index (χ1n) is 9.20. The molecule has 0 bridgehead atoms. The summed E-state index contributed by atoms with van der Waals surface area (Å²) >= 11 is 0. The summed E-state index contributed by atoms with van der Waals surface area (Å²) in [6.07, 6.45) is 1.82. The topological polar surface area (TPSA) is 66.9 Å². The Kier molecular flexibility index (Phi) is 6.52. The summed E-state index contributed by atoms with van der Waals surface area (Å²) in [5.41, 5.74) is 2.77. The van der Waals surface area contributed by atoms with Crippen molar-refractivity contribution in [2.45, 2.75) is 25.8 Å². The highest BCUT2D eigenvalue weighted by atomic mass is 16.1. The quantitative estimate of drug-likeness (QED) is 0.596. The fraction of sp³-hybridized carbons (Fsp3) is 0.227. The summed E-state index contributed by atoms with van der Waals surface area (Å²) in [6.45, 7) is 2.67. The maximum atomic E-state index is 12.2. The van der Waals surface area contributed by atoms with Crippen LogP contribution in [0.3, 0.4) is 0 Å². The highest BCUT2D eigenvalue weighted by molar-refractivity contribution is 5.92. The van der Waals surface area contributed by atoms with Crippen LogP contribution in [0.2, 0.25) is 0 Å². The van der Waals surface area contributed by atoms with E-state index in [9.17, 15) is 4.79 Å². The number of benzene rings is 2. The van der Waals surface area contributed by atoms with Crippen LogP contribution in [0.4, 0.5) is 5.82 Å². The van der Waals surface area contributed by atoms with E-state index in [1.165, 1.54) is 11.1 Å². The van der Waals surface area contributed by atoms with Gasteiger partial charge in [-0.15, -0.1) is 10.2 Å². The number of aryl methyl sites for hydroxylation is 1. The predicted octanol–water partition coefficient (Wildman–Crippen LogP) is 4.01. The van der Waals surface area contributed by atoms with Crippen LogP contribution in [0.15, 0.2) is 72.8 Å². The molecule has 0 aliphatic carbocycles. The van der Waals surface area contributed by atoms with Gasteiger partial charge in [0.15, 0.2) is 5.69 Å². The molecule has 3 aromatic rings. The normalized spacial score (nSPS) is 11.6. The van der Waals surface area contributed by atoms with Gasteiger partial charge in [-0.05, 0) is 43.0 Å². The van der Waals surface area contributed by atoms with Crippen LogP contribution in [-0.2, 0) is 6.42 Å². The zero-order chi connectivity index (χ0) is 18.9. The summed E-state index contributed by atoms with van der Waals surface area (Å²) in [7, 11) is 0. The fourth-order valence-electron chi connectivity index (χ4n) is 2.81. The first-order valence-corrected chi connectivity index (χ1v) is 9.20. The predicted molar refractivity (Wildman–Crippen MR) is 108 cm³/mol. The van der Waals surface area contributed by atoms with Crippen molar-refractivity contribution >= 4 is 11.7 Å². The van der Waals surface area contributed by atoms with Crippen molar-refractivity contribution in [1.29, 1.82) is 0 Å². The number of anilines is 1. The summed E-state index contributed by atoms with van der Waals surface area (Å²) < 4.78 is 0. The number of nitrogens with one attached hydrogen (secondary N) is 2. The number of hydrogen-bond acceptors (Lipinski definition) is 4. The minimum atomic E-state index is -0.196. The van der Waals surface area contributed by atoms with E-state index in [0.29, 0.717) is 18.1 Å². The zero-order valence-electron chi connectivity index (χ0n) is 15.4. The van der Waals surface area contributed by atoms with Gasteiger partial charge in [0.05, 0.1) is 0 Å². The SMILES string of the molecule is CC(Nc1ccc(C(=O)NCCCc2ccccc2)nn1)c1ccccc1. The van der Waals surface area contributed by atoms with Gasteiger partial charge in [0.2, 0.25) is 0 Å². The Hall–Kier alpha value is -3.21. The van der Waals surface area contributed by atoms with E-state index in [0.717, 1.165) is 12.8 Å². The van der Waals surface area contributed by atoms with Crippen molar-refractivity contribution in [3.63, 3.8) is 0 Å². The van der Waals surface area contributed by atoms with Gasteiger partial charge in [-0.3, -0.25) is 4.79 Å². The van der Waals surface area contributed by atoms with Crippen molar-refractivity contribution in [3.8, 4) is 0 Å². The number of rotatable bonds is 8. The Morgan fingerprint density at radius 3 is 2.30 bits per heavy atom. The first kappa shape index (κ1) is 18.6. The Balaban J connectivity index is 1.45. The molecule has 5 nitrogen and oxygen atoms in total. The maximum Gasteiger partial charge on any atom is 0.271 e. The Bertz CT molecular complexity index is 835. The van der Waals surface area contributed by atoms with E-state index in [2.05, 4.69) is 52.0 Å². The van der Waals surface area contributed by atoms with Crippen LogP contribution in [0.25, 0.3) is 0 Å². The standard InChI is InChI=1S/C22H24N4O/c1-17(19-12-6-3-7-13-19)24-21-15-14-20(25-26-21)22(27)23-16-8-11-18-9-4-2-5-10-18/h2-7,9-10,12-15,17H,8,11,16H2,1H3,(H,23,27)(H,24,26). The molecule has 1 atom stereocenters. The molecule has 1 unspecified atom stereocenters. The third kappa shape index (κ3) is 5.64. The lowest BCUT2D eigenvalue weighted by atomic mass is 10.1. The van der Waals surface area contributed by atoms with Gasteiger partial charge in [-0.1, -0.05) is 60.7 Å². The molecule has 0 saturated heterocycles. The van der Waals surface area contributed by atoms with Crippen molar-refractivity contribution in [2.75, 3.05) is 11.9 Å². The lowest BCUT2D eigenvalue weighted by molar-refractivity contribution is 0.0947. The van der Waals surface area contributed by atoms with Crippen molar-refractivity contribution in [2.24, 2.45) is 0 Å². The second kappa shape index (κ2) is 9.48. The maximum absolute atomic E-state index is 12.2. The van der Waals surface area contributed by atoms with Gasteiger partial charge < -0.3 is 10.6 Å². The molecule has 2 aromatic carbocycles. The Morgan fingerprint density at radius 2 is 1.63 bits per heavy atom. The second-order valence-corrected chi connectivity index (χ2v) is 6.43. The molecular weight excluding hydrogens is 336 g/mol. The van der Waals surface area contributed by atoms with Crippen molar-refractivity contribution in [3.05, 3.63) is 89.6 Å². The molecule has 0 aliphatic rings. The van der Waals surface area contributed by atoms with Crippen LogP contribution in [0.5, 0.6) is 0 Å². The average Bonchev–Trinajstić information content (AvgIpc) is 2.73. The molecular formula is C22H24N4O. The van der Waals surface area contributed by atoms with Gasteiger partial charge in [-0.25, -0.2) is 0 Å². The van der Waals surface area contributed by atoms with E-state index in [-0.39, 0.29) is 11.9 Å². The minimum absolute atomic E-state index is 0.109. The van der Waals surface area contributed by atoms with E-state index in [4.69, 9.17) is 0 Å². The number of hydrogen-bond donors (Lipinski definition) is 2. The smallest absolute Gasteiger partial charge is 0.271 e. The number of amides is 1. The highest BCUT2D eigenvalue weighted by Crippen LogP contribution is 2.16. The molecule has 27 heavy (non-hydrogen) atoms.